The Bertz CT molecular complexity index is 653. The lowest BCUT2D eigenvalue weighted by Gasteiger charge is -2.18. The van der Waals surface area contributed by atoms with E-state index in [0.29, 0.717) is 5.57 Å². The number of carbonyl (C=O) groups excluding carboxylic acids is 1. The Balaban J connectivity index is 2.31. The first-order valence-electron chi connectivity index (χ1n) is 6.11. The first kappa shape index (κ1) is 11.0. The summed E-state index contributed by atoms with van der Waals surface area (Å²) in [7, 11) is 1.43. The topological polar surface area (TPSA) is 26.3 Å². The molecule has 1 aliphatic carbocycles. The van der Waals surface area contributed by atoms with E-state index >= 15 is 0 Å². The van der Waals surface area contributed by atoms with Gasteiger partial charge >= 0.3 is 5.97 Å². The van der Waals surface area contributed by atoms with Crippen LogP contribution in [0.4, 0.5) is 0 Å². The minimum absolute atomic E-state index is 0.243. The smallest absolute Gasteiger partial charge is 0.338 e. The number of allylic oxidation sites excluding steroid dienone is 1. The van der Waals surface area contributed by atoms with Crippen LogP contribution >= 0.6 is 0 Å². The Morgan fingerprint density at radius 3 is 2.83 bits per heavy atom. The number of ether oxygens (including phenoxy) is 1. The van der Waals surface area contributed by atoms with Crippen molar-refractivity contribution in [1.29, 1.82) is 0 Å². The average molecular weight is 238 g/mol. The molecule has 0 unspecified atom stereocenters. The largest absolute Gasteiger partial charge is 0.465 e. The van der Waals surface area contributed by atoms with Crippen molar-refractivity contribution < 1.29 is 9.53 Å². The molecule has 2 aromatic rings. The summed E-state index contributed by atoms with van der Waals surface area (Å²) in [5.41, 5.74) is 2.98. The van der Waals surface area contributed by atoms with E-state index in [2.05, 4.69) is 24.3 Å². The number of benzene rings is 2. The van der Waals surface area contributed by atoms with Gasteiger partial charge in [0, 0.05) is 0 Å². The minimum Gasteiger partial charge on any atom is -0.465 e. The maximum absolute atomic E-state index is 11.9. The number of fused-ring (bicyclic) bond motifs is 3. The van der Waals surface area contributed by atoms with Crippen LogP contribution in [0.15, 0.2) is 42.5 Å². The lowest BCUT2D eigenvalue weighted by atomic mass is 9.87. The molecule has 0 radical (unpaired) electrons. The zero-order valence-corrected chi connectivity index (χ0v) is 10.3. The van der Waals surface area contributed by atoms with Crippen molar-refractivity contribution in [2.45, 2.75) is 12.8 Å². The van der Waals surface area contributed by atoms with Crippen LogP contribution in [0.25, 0.3) is 16.3 Å². The van der Waals surface area contributed by atoms with Crippen molar-refractivity contribution in [2.24, 2.45) is 0 Å². The molecule has 0 fully saturated rings. The van der Waals surface area contributed by atoms with Gasteiger partial charge in [0.15, 0.2) is 0 Å². The lowest BCUT2D eigenvalue weighted by Crippen LogP contribution is -2.10. The highest BCUT2D eigenvalue weighted by atomic mass is 16.5. The molecule has 18 heavy (non-hydrogen) atoms. The quantitative estimate of drug-likeness (QED) is 0.712. The van der Waals surface area contributed by atoms with Crippen molar-refractivity contribution in [1.82, 2.24) is 0 Å². The van der Waals surface area contributed by atoms with E-state index < -0.39 is 0 Å². The van der Waals surface area contributed by atoms with Crippen molar-refractivity contribution in [2.75, 3.05) is 7.11 Å². The van der Waals surface area contributed by atoms with Gasteiger partial charge < -0.3 is 4.74 Å². The molecule has 0 saturated carbocycles. The zero-order valence-electron chi connectivity index (χ0n) is 10.3. The maximum atomic E-state index is 11.9. The number of rotatable bonds is 1. The molecule has 0 aromatic heterocycles. The van der Waals surface area contributed by atoms with Crippen molar-refractivity contribution >= 4 is 22.3 Å². The van der Waals surface area contributed by atoms with Crippen molar-refractivity contribution in [3.8, 4) is 0 Å². The first-order chi connectivity index (χ1) is 8.81. The van der Waals surface area contributed by atoms with E-state index in [-0.39, 0.29) is 5.97 Å². The number of hydrogen-bond donors (Lipinski definition) is 0. The van der Waals surface area contributed by atoms with E-state index in [4.69, 9.17) is 4.74 Å². The summed E-state index contributed by atoms with van der Waals surface area (Å²) in [5, 5.41) is 2.29. The van der Waals surface area contributed by atoms with Crippen LogP contribution < -0.4 is 0 Å². The molecule has 0 spiro atoms. The standard InChI is InChI=1S/C16H14O2/c1-18-16(17)14-8-4-6-12-10-9-11-5-2-3-7-13(11)15(12)14/h2-3,5,7-10H,4,6H2,1H3. The summed E-state index contributed by atoms with van der Waals surface area (Å²) in [5.74, 6) is -0.243. The average Bonchev–Trinajstić information content (AvgIpc) is 2.45. The predicted molar refractivity (Wildman–Crippen MR) is 72.3 cm³/mol. The van der Waals surface area contributed by atoms with Gasteiger partial charge in [0.05, 0.1) is 12.7 Å². The summed E-state index contributed by atoms with van der Waals surface area (Å²) in [6, 6.07) is 12.4. The molecular weight excluding hydrogens is 224 g/mol. The molecule has 2 heteroatoms. The second-order valence-corrected chi connectivity index (χ2v) is 4.47. The van der Waals surface area contributed by atoms with Crippen LogP contribution in [0, 0.1) is 0 Å². The van der Waals surface area contributed by atoms with Crippen LogP contribution in [-0.2, 0) is 16.0 Å². The molecule has 0 N–H and O–H groups in total. The molecule has 2 aromatic carbocycles. The SMILES string of the molecule is COC(=O)C1=CCCc2ccc3ccccc3c21. The van der Waals surface area contributed by atoms with E-state index in [0.717, 1.165) is 29.2 Å². The van der Waals surface area contributed by atoms with Crippen molar-refractivity contribution in [3.63, 3.8) is 0 Å². The van der Waals surface area contributed by atoms with E-state index in [9.17, 15) is 4.79 Å². The molecular formula is C16H14O2. The van der Waals surface area contributed by atoms with Crippen LogP contribution in [0.1, 0.15) is 17.5 Å². The second-order valence-electron chi connectivity index (χ2n) is 4.47. The molecule has 3 rings (SSSR count). The van der Waals surface area contributed by atoms with Gasteiger partial charge in [-0.2, -0.15) is 0 Å². The molecule has 1 aliphatic rings. The summed E-state index contributed by atoms with van der Waals surface area (Å²) in [4.78, 5) is 11.9. The maximum Gasteiger partial charge on any atom is 0.338 e. The van der Waals surface area contributed by atoms with Crippen molar-refractivity contribution in [3.05, 3.63) is 53.6 Å². The number of aryl methyl sites for hydroxylation is 1. The van der Waals surface area contributed by atoms with E-state index in [1.807, 2.05) is 18.2 Å². The number of esters is 1. The number of carbonyl (C=O) groups is 1. The van der Waals surface area contributed by atoms with Gasteiger partial charge in [-0.25, -0.2) is 4.79 Å². The molecule has 0 amide bonds. The highest BCUT2D eigenvalue weighted by Crippen LogP contribution is 2.33. The Morgan fingerprint density at radius 1 is 1.17 bits per heavy atom. The normalized spacial score (nSPS) is 13.9. The Labute approximate surface area is 106 Å². The van der Waals surface area contributed by atoms with Gasteiger partial charge in [-0.15, -0.1) is 0 Å². The highest BCUT2D eigenvalue weighted by Gasteiger charge is 2.21. The fourth-order valence-electron chi connectivity index (χ4n) is 2.61. The molecule has 0 aliphatic heterocycles. The van der Waals surface area contributed by atoms with Gasteiger partial charge in [0.2, 0.25) is 0 Å². The Morgan fingerprint density at radius 2 is 2.00 bits per heavy atom. The Kier molecular flexibility index (Phi) is 2.63. The predicted octanol–water partition coefficient (Wildman–Crippen LogP) is 3.34. The summed E-state index contributed by atoms with van der Waals surface area (Å²) in [6.45, 7) is 0. The van der Waals surface area contributed by atoms with Gasteiger partial charge in [0.25, 0.3) is 0 Å². The lowest BCUT2D eigenvalue weighted by molar-refractivity contribution is -0.133. The van der Waals surface area contributed by atoms with Gasteiger partial charge in [-0.3, -0.25) is 0 Å². The summed E-state index contributed by atoms with van der Waals surface area (Å²) in [6.07, 6.45) is 3.87. The Hall–Kier alpha value is -2.09. The molecule has 0 atom stereocenters. The fraction of sp³-hybridized carbons (Fsp3) is 0.188. The van der Waals surface area contributed by atoms with Crippen LogP contribution in [0.2, 0.25) is 0 Å². The van der Waals surface area contributed by atoms with Gasteiger partial charge in [0.1, 0.15) is 0 Å². The molecule has 0 bridgehead atoms. The van der Waals surface area contributed by atoms with Crippen LogP contribution in [0.5, 0.6) is 0 Å². The highest BCUT2D eigenvalue weighted by molar-refractivity contribution is 6.21. The third-order valence-electron chi connectivity index (χ3n) is 3.45. The molecule has 0 saturated heterocycles. The zero-order chi connectivity index (χ0) is 12.5. The van der Waals surface area contributed by atoms with Crippen LogP contribution in [-0.4, -0.2) is 13.1 Å². The second kappa shape index (κ2) is 4.30. The monoisotopic (exact) mass is 238 g/mol. The molecule has 90 valence electrons. The van der Waals surface area contributed by atoms with Gasteiger partial charge in [-0.1, -0.05) is 42.5 Å². The van der Waals surface area contributed by atoms with E-state index in [1.54, 1.807) is 0 Å². The van der Waals surface area contributed by atoms with E-state index in [1.165, 1.54) is 12.7 Å². The molecule has 0 heterocycles. The number of methoxy groups -OCH3 is 1. The minimum atomic E-state index is -0.243. The summed E-state index contributed by atoms with van der Waals surface area (Å²) >= 11 is 0. The van der Waals surface area contributed by atoms with Crippen LogP contribution in [0.3, 0.4) is 0 Å². The fourth-order valence-corrected chi connectivity index (χ4v) is 2.61. The van der Waals surface area contributed by atoms with Gasteiger partial charge in [-0.05, 0) is 34.7 Å². The number of hydrogen-bond acceptors (Lipinski definition) is 2. The molecule has 2 nitrogen and oxygen atoms in total. The third-order valence-corrected chi connectivity index (χ3v) is 3.45. The third kappa shape index (κ3) is 1.61. The first-order valence-corrected chi connectivity index (χ1v) is 6.11. The summed E-state index contributed by atoms with van der Waals surface area (Å²) < 4.78 is 4.89.